The van der Waals surface area contributed by atoms with Gasteiger partial charge in [0.25, 0.3) is 0 Å². The Morgan fingerprint density at radius 1 is 1.15 bits per heavy atom. The van der Waals surface area contributed by atoms with Crippen LogP contribution >= 0.6 is 0 Å². The lowest BCUT2D eigenvalue weighted by molar-refractivity contribution is 0.134. The molecule has 0 saturated heterocycles. The molecule has 2 heteroatoms. The Kier molecular flexibility index (Phi) is 9.49. The van der Waals surface area contributed by atoms with Crippen LogP contribution in [0.15, 0.2) is 12.2 Å². The van der Waals surface area contributed by atoms with Crippen molar-refractivity contribution in [1.82, 2.24) is 0 Å². The second-order valence-corrected chi connectivity index (χ2v) is 3.39. The molecule has 13 heavy (non-hydrogen) atoms. The van der Waals surface area contributed by atoms with E-state index in [9.17, 15) is 0 Å². The minimum atomic E-state index is 0.622. The van der Waals surface area contributed by atoms with Crippen LogP contribution < -0.4 is 0 Å². The van der Waals surface area contributed by atoms with E-state index in [-0.39, 0.29) is 0 Å². The van der Waals surface area contributed by atoms with Crippen LogP contribution in [-0.2, 0) is 9.47 Å². The summed E-state index contributed by atoms with van der Waals surface area (Å²) in [5.74, 6) is 0.622. The Morgan fingerprint density at radius 2 is 1.92 bits per heavy atom. The van der Waals surface area contributed by atoms with E-state index in [2.05, 4.69) is 26.0 Å². The lowest BCUT2D eigenvalue weighted by Crippen LogP contribution is -2.01. The maximum Gasteiger partial charge on any atom is 0.0647 e. The van der Waals surface area contributed by atoms with Gasteiger partial charge in [-0.25, -0.2) is 0 Å². The van der Waals surface area contributed by atoms with Crippen LogP contribution in [0.4, 0.5) is 0 Å². The maximum absolute atomic E-state index is 5.37. The molecule has 0 aliphatic heterocycles. The molecular weight excluding hydrogens is 164 g/mol. The van der Waals surface area contributed by atoms with Gasteiger partial charge in [-0.2, -0.15) is 0 Å². The van der Waals surface area contributed by atoms with Gasteiger partial charge in [0.1, 0.15) is 0 Å². The van der Waals surface area contributed by atoms with E-state index < -0.39 is 0 Å². The van der Waals surface area contributed by atoms with E-state index in [1.807, 2.05) is 6.92 Å². The monoisotopic (exact) mass is 186 g/mol. The number of hydrogen-bond donors (Lipinski definition) is 0. The maximum atomic E-state index is 5.37. The fourth-order valence-corrected chi connectivity index (χ4v) is 0.853. The number of rotatable bonds is 8. The van der Waals surface area contributed by atoms with E-state index in [1.165, 1.54) is 0 Å². The summed E-state index contributed by atoms with van der Waals surface area (Å²) in [6.07, 6.45) is 5.15. The third kappa shape index (κ3) is 11.7. The fraction of sp³-hybridized carbons (Fsp3) is 0.818. The second kappa shape index (κ2) is 9.75. The molecule has 0 aromatic rings. The van der Waals surface area contributed by atoms with Crippen LogP contribution in [0.3, 0.4) is 0 Å². The molecule has 0 aromatic heterocycles. The van der Waals surface area contributed by atoms with Gasteiger partial charge in [-0.3, -0.25) is 0 Å². The fourth-order valence-electron chi connectivity index (χ4n) is 0.853. The highest BCUT2D eigenvalue weighted by atomic mass is 16.5. The third-order valence-corrected chi connectivity index (χ3v) is 1.46. The first-order valence-corrected chi connectivity index (χ1v) is 5.07. The van der Waals surface area contributed by atoms with Crippen LogP contribution in [0.25, 0.3) is 0 Å². The average Bonchev–Trinajstić information content (AvgIpc) is 2.09. The van der Waals surface area contributed by atoms with Crippen molar-refractivity contribution in [3.8, 4) is 0 Å². The van der Waals surface area contributed by atoms with Gasteiger partial charge in [0.2, 0.25) is 0 Å². The summed E-state index contributed by atoms with van der Waals surface area (Å²) in [5.41, 5.74) is 0. The van der Waals surface area contributed by atoms with Crippen molar-refractivity contribution < 1.29 is 9.47 Å². The Morgan fingerprint density at radius 3 is 2.54 bits per heavy atom. The molecule has 0 spiro atoms. The molecule has 2 nitrogen and oxygen atoms in total. The van der Waals surface area contributed by atoms with Gasteiger partial charge in [0.05, 0.1) is 6.61 Å². The zero-order chi connectivity index (χ0) is 9.94. The zero-order valence-electron chi connectivity index (χ0n) is 9.08. The molecule has 0 heterocycles. The van der Waals surface area contributed by atoms with Crippen molar-refractivity contribution in [2.75, 3.05) is 26.4 Å². The molecule has 78 valence electrons. The molecule has 0 fully saturated rings. The van der Waals surface area contributed by atoms with Crippen LogP contribution in [0.2, 0.25) is 0 Å². The Hall–Kier alpha value is -0.340. The summed E-state index contributed by atoms with van der Waals surface area (Å²) in [6.45, 7) is 9.50. The van der Waals surface area contributed by atoms with Gasteiger partial charge in [0, 0.05) is 19.8 Å². The largest absolute Gasteiger partial charge is 0.381 e. The van der Waals surface area contributed by atoms with E-state index in [0.29, 0.717) is 5.92 Å². The van der Waals surface area contributed by atoms with Crippen LogP contribution in [0, 0.1) is 5.92 Å². The predicted molar refractivity (Wildman–Crippen MR) is 55.9 cm³/mol. The van der Waals surface area contributed by atoms with Crippen molar-refractivity contribution in [2.45, 2.75) is 27.2 Å². The summed E-state index contributed by atoms with van der Waals surface area (Å²) >= 11 is 0. The van der Waals surface area contributed by atoms with Gasteiger partial charge < -0.3 is 9.47 Å². The van der Waals surface area contributed by atoms with Crippen molar-refractivity contribution in [3.63, 3.8) is 0 Å². The first-order valence-electron chi connectivity index (χ1n) is 5.07. The minimum Gasteiger partial charge on any atom is -0.381 e. The Labute approximate surface area is 81.9 Å². The van der Waals surface area contributed by atoms with E-state index in [0.717, 1.165) is 32.8 Å². The quantitative estimate of drug-likeness (QED) is 0.428. The second-order valence-electron chi connectivity index (χ2n) is 3.39. The van der Waals surface area contributed by atoms with Gasteiger partial charge in [-0.15, -0.1) is 0 Å². The van der Waals surface area contributed by atoms with E-state index in [4.69, 9.17) is 9.47 Å². The van der Waals surface area contributed by atoms with Crippen molar-refractivity contribution in [1.29, 1.82) is 0 Å². The lowest BCUT2D eigenvalue weighted by Gasteiger charge is -2.03. The van der Waals surface area contributed by atoms with Crippen LogP contribution in [0.5, 0.6) is 0 Å². The molecule has 0 saturated carbocycles. The van der Waals surface area contributed by atoms with Crippen LogP contribution in [-0.4, -0.2) is 26.4 Å². The summed E-state index contributed by atoms with van der Waals surface area (Å²) < 4.78 is 10.6. The normalized spacial score (nSPS) is 11.7. The number of ether oxygens (including phenoxy) is 2. The summed E-state index contributed by atoms with van der Waals surface area (Å²) in [6, 6.07) is 0. The Bertz CT molecular complexity index is 119. The minimum absolute atomic E-state index is 0.622. The molecule has 0 aromatic carbocycles. The summed E-state index contributed by atoms with van der Waals surface area (Å²) in [7, 11) is 0. The first-order chi connectivity index (χ1) is 6.27. The highest BCUT2D eigenvalue weighted by molar-refractivity contribution is 4.81. The highest BCUT2D eigenvalue weighted by Crippen LogP contribution is 1.92. The molecule has 0 aliphatic rings. The smallest absolute Gasteiger partial charge is 0.0647 e. The van der Waals surface area contributed by atoms with Gasteiger partial charge in [-0.05, 0) is 19.3 Å². The summed E-state index contributed by atoms with van der Waals surface area (Å²) in [4.78, 5) is 0. The topological polar surface area (TPSA) is 18.5 Å². The van der Waals surface area contributed by atoms with Crippen molar-refractivity contribution in [2.24, 2.45) is 5.92 Å². The third-order valence-electron chi connectivity index (χ3n) is 1.46. The average molecular weight is 186 g/mol. The SMILES string of the molecule is CCOCC/C=C/COCC(C)C. The van der Waals surface area contributed by atoms with Crippen molar-refractivity contribution >= 4 is 0 Å². The summed E-state index contributed by atoms with van der Waals surface area (Å²) in [5, 5.41) is 0. The highest BCUT2D eigenvalue weighted by Gasteiger charge is 1.90. The molecule has 0 unspecified atom stereocenters. The molecular formula is C11H22O2. The molecule has 0 amide bonds. The molecule has 0 atom stereocenters. The zero-order valence-corrected chi connectivity index (χ0v) is 9.08. The standard InChI is InChI=1S/C11H22O2/c1-4-12-8-6-5-7-9-13-10-11(2)3/h5,7,11H,4,6,8-10H2,1-3H3/b7-5+. The van der Waals surface area contributed by atoms with E-state index in [1.54, 1.807) is 0 Å². The molecule has 0 radical (unpaired) electrons. The van der Waals surface area contributed by atoms with Gasteiger partial charge in [0.15, 0.2) is 0 Å². The van der Waals surface area contributed by atoms with Gasteiger partial charge in [-0.1, -0.05) is 26.0 Å². The van der Waals surface area contributed by atoms with Crippen LogP contribution in [0.1, 0.15) is 27.2 Å². The van der Waals surface area contributed by atoms with E-state index >= 15 is 0 Å². The lowest BCUT2D eigenvalue weighted by atomic mass is 10.2. The molecule has 0 aliphatic carbocycles. The molecule has 0 rings (SSSR count). The van der Waals surface area contributed by atoms with Gasteiger partial charge >= 0.3 is 0 Å². The molecule has 0 bridgehead atoms. The Balaban J connectivity index is 3.03. The predicted octanol–water partition coefficient (Wildman–Crippen LogP) is 2.64. The number of hydrogen-bond acceptors (Lipinski definition) is 2. The van der Waals surface area contributed by atoms with Crippen molar-refractivity contribution in [3.05, 3.63) is 12.2 Å². The first kappa shape index (κ1) is 12.7. The molecule has 0 N–H and O–H groups in total.